The van der Waals surface area contributed by atoms with Crippen molar-refractivity contribution in [2.45, 2.75) is 0 Å². The van der Waals surface area contributed by atoms with Gasteiger partial charge in [0.2, 0.25) is 0 Å². The fraction of sp³-hybridized carbons (Fsp3) is 0. The molecule has 0 spiro atoms. The molecule has 0 saturated heterocycles. The van der Waals surface area contributed by atoms with Crippen molar-refractivity contribution in [3.05, 3.63) is 188 Å². The second-order valence-corrected chi connectivity index (χ2v) is 13.9. The number of pyridine rings is 1. The van der Waals surface area contributed by atoms with Gasteiger partial charge in [-0.1, -0.05) is 170 Å². The normalized spacial score (nSPS) is 11.7. The first-order chi connectivity index (χ1) is 26.8. The van der Waals surface area contributed by atoms with Gasteiger partial charge in [0.1, 0.15) is 0 Å². The van der Waals surface area contributed by atoms with E-state index in [0.717, 1.165) is 66.7 Å². The molecule has 11 rings (SSSR count). The van der Waals surface area contributed by atoms with Crippen LogP contribution in [0.5, 0.6) is 0 Å². The minimum absolute atomic E-state index is 0.862. The van der Waals surface area contributed by atoms with Crippen LogP contribution in [-0.2, 0) is 0 Å². The van der Waals surface area contributed by atoms with Crippen LogP contribution in [0.2, 0.25) is 0 Å². The van der Waals surface area contributed by atoms with Gasteiger partial charge in [0, 0.05) is 39.2 Å². The Kier molecular flexibility index (Phi) is 6.86. The predicted octanol–water partition coefficient (Wildman–Crippen LogP) is 13.5. The van der Waals surface area contributed by atoms with E-state index in [0.29, 0.717) is 0 Å². The van der Waals surface area contributed by atoms with E-state index < -0.39 is 0 Å². The molecule has 54 heavy (non-hydrogen) atoms. The van der Waals surface area contributed by atoms with E-state index in [-0.39, 0.29) is 0 Å². The van der Waals surface area contributed by atoms with Gasteiger partial charge in [0.15, 0.2) is 0 Å². The standard InChI is InChI=1S/C51H31N3/c1-2-12-33(13-3-1)48-49(54-51-45-21-11-9-18-41(45)40-17-8-10-20-44(40)50(51)53-48)34-24-22-32(23-25-34)47-29-27-36(31-52-47)35-26-28-43-39-16-5-4-14-37(39)38-15-6-7-19-42(38)46(43)30-35/h1-31H. The van der Waals surface area contributed by atoms with Crippen molar-refractivity contribution in [3.8, 4) is 44.9 Å². The second-order valence-electron chi connectivity index (χ2n) is 13.9. The van der Waals surface area contributed by atoms with Gasteiger partial charge < -0.3 is 0 Å². The summed E-state index contributed by atoms with van der Waals surface area (Å²) in [6, 6.07) is 64.5. The first-order valence-corrected chi connectivity index (χ1v) is 18.4. The van der Waals surface area contributed by atoms with Gasteiger partial charge in [0.25, 0.3) is 0 Å². The molecule has 2 aromatic heterocycles. The lowest BCUT2D eigenvalue weighted by molar-refractivity contribution is 1.30. The Labute approximate surface area is 311 Å². The third-order valence-electron chi connectivity index (χ3n) is 10.9. The largest absolute Gasteiger partial charge is 0.256 e. The number of fused-ring (bicyclic) bond motifs is 12. The highest BCUT2D eigenvalue weighted by Gasteiger charge is 2.18. The van der Waals surface area contributed by atoms with E-state index in [1.807, 2.05) is 12.3 Å². The van der Waals surface area contributed by atoms with Gasteiger partial charge in [-0.3, -0.25) is 4.98 Å². The molecule has 0 saturated carbocycles. The fourth-order valence-electron chi connectivity index (χ4n) is 8.28. The Hall–Kier alpha value is -7.23. The molecule has 11 aromatic rings. The smallest absolute Gasteiger partial charge is 0.0979 e. The van der Waals surface area contributed by atoms with Crippen molar-refractivity contribution < 1.29 is 0 Å². The zero-order valence-corrected chi connectivity index (χ0v) is 29.2. The van der Waals surface area contributed by atoms with E-state index >= 15 is 0 Å². The van der Waals surface area contributed by atoms with Crippen LogP contribution in [-0.4, -0.2) is 15.0 Å². The molecule has 3 heteroatoms. The van der Waals surface area contributed by atoms with Crippen LogP contribution in [0.3, 0.4) is 0 Å². The van der Waals surface area contributed by atoms with E-state index in [1.165, 1.54) is 43.1 Å². The summed E-state index contributed by atoms with van der Waals surface area (Å²) in [6.45, 7) is 0. The van der Waals surface area contributed by atoms with Crippen LogP contribution in [0, 0.1) is 0 Å². The average molecular weight is 686 g/mol. The Morgan fingerprint density at radius 2 is 0.648 bits per heavy atom. The molecule has 0 aliphatic heterocycles. The Bertz CT molecular complexity index is 3210. The Morgan fingerprint density at radius 3 is 1.17 bits per heavy atom. The molecule has 3 nitrogen and oxygen atoms in total. The van der Waals surface area contributed by atoms with Gasteiger partial charge >= 0.3 is 0 Å². The summed E-state index contributed by atoms with van der Waals surface area (Å²) < 4.78 is 0. The van der Waals surface area contributed by atoms with Crippen molar-refractivity contribution in [2.75, 3.05) is 0 Å². The van der Waals surface area contributed by atoms with E-state index in [4.69, 9.17) is 15.0 Å². The summed E-state index contributed by atoms with van der Waals surface area (Å²) in [7, 11) is 0. The molecule has 0 N–H and O–H groups in total. The molecule has 0 bridgehead atoms. The number of benzene rings is 9. The molecule has 2 heterocycles. The summed E-state index contributed by atoms with van der Waals surface area (Å²) in [5, 5.41) is 12.2. The Balaban J connectivity index is 0.993. The average Bonchev–Trinajstić information content (AvgIpc) is 3.26. The van der Waals surface area contributed by atoms with E-state index in [1.54, 1.807) is 0 Å². The number of hydrogen-bond acceptors (Lipinski definition) is 3. The first-order valence-electron chi connectivity index (χ1n) is 18.4. The third-order valence-corrected chi connectivity index (χ3v) is 10.9. The number of aromatic nitrogens is 3. The van der Waals surface area contributed by atoms with Gasteiger partial charge in [-0.25, -0.2) is 9.97 Å². The summed E-state index contributed by atoms with van der Waals surface area (Å²) in [6.07, 6.45) is 1.99. The highest BCUT2D eigenvalue weighted by molar-refractivity contribution is 6.26. The lowest BCUT2D eigenvalue weighted by Gasteiger charge is -2.15. The second kappa shape index (κ2) is 12.2. The number of nitrogens with zero attached hydrogens (tertiary/aromatic N) is 3. The highest BCUT2D eigenvalue weighted by Crippen LogP contribution is 2.40. The van der Waals surface area contributed by atoms with Crippen molar-refractivity contribution in [1.82, 2.24) is 15.0 Å². The monoisotopic (exact) mass is 685 g/mol. The SMILES string of the molecule is c1ccc(-c2nc3c4ccccc4c4ccccc4c3nc2-c2ccc(-c3ccc(-c4ccc5c6ccccc6c6ccccc6c5c4)cn3)cc2)cc1. The van der Waals surface area contributed by atoms with Gasteiger partial charge in [-0.15, -0.1) is 0 Å². The maximum absolute atomic E-state index is 5.43. The molecule has 0 aliphatic carbocycles. The van der Waals surface area contributed by atoms with Crippen LogP contribution >= 0.6 is 0 Å². The van der Waals surface area contributed by atoms with Crippen LogP contribution in [0.15, 0.2) is 188 Å². The van der Waals surface area contributed by atoms with Crippen molar-refractivity contribution >= 4 is 64.9 Å². The van der Waals surface area contributed by atoms with Crippen LogP contribution in [0.4, 0.5) is 0 Å². The van der Waals surface area contributed by atoms with Crippen LogP contribution < -0.4 is 0 Å². The molecule has 0 amide bonds. The quantitative estimate of drug-likeness (QED) is 0.173. The van der Waals surface area contributed by atoms with Gasteiger partial charge in [0.05, 0.1) is 28.1 Å². The topological polar surface area (TPSA) is 38.7 Å². The summed E-state index contributed by atoms with van der Waals surface area (Å²) in [5.74, 6) is 0. The lowest BCUT2D eigenvalue weighted by Crippen LogP contribution is -1.97. The zero-order chi connectivity index (χ0) is 35.6. The van der Waals surface area contributed by atoms with Crippen molar-refractivity contribution in [1.29, 1.82) is 0 Å². The van der Waals surface area contributed by atoms with E-state index in [2.05, 4.69) is 176 Å². The molecule has 0 atom stereocenters. The fourth-order valence-corrected chi connectivity index (χ4v) is 8.28. The molecular weight excluding hydrogens is 655 g/mol. The molecule has 0 unspecified atom stereocenters. The van der Waals surface area contributed by atoms with Gasteiger partial charge in [-0.05, 0) is 60.8 Å². The molecule has 0 aliphatic rings. The minimum Gasteiger partial charge on any atom is -0.256 e. The maximum atomic E-state index is 5.43. The number of hydrogen-bond donors (Lipinski definition) is 0. The lowest BCUT2D eigenvalue weighted by atomic mass is 9.92. The van der Waals surface area contributed by atoms with Crippen molar-refractivity contribution in [2.24, 2.45) is 0 Å². The van der Waals surface area contributed by atoms with Gasteiger partial charge in [-0.2, -0.15) is 0 Å². The molecule has 9 aromatic carbocycles. The molecule has 0 fully saturated rings. The maximum Gasteiger partial charge on any atom is 0.0979 e. The number of rotatable bonds is 4. The third kappa shape index (κ3) is 4.79. The minimum atomic E-state index is 0.862. The van der Waals surface area contributed by atoms with Crippen LogP contribution in [0.1, 0.15) is 0 Å². The summed E-state index contributed by atoms with van der Waals surface area (Å²) >= 11 is 0. The summed E-state index contributed by atoms with van der Waals surface area (Å²) in [5.41, 5.74) is 9.83. The Morgan fingerprint density at radius 1 is 0.259 bits per heavy atom. The van der Waals surface area contributed by atoms with E-state index in [9.17, 15) is 0 Å². The van der Waals surface area contributed by atoms with Crippen LogP contribution in [0.25, 0.3) is 110 Å². The molecule has 250 valence electrons. The van der Waals surface area contributed by atoms with Crippen molar-refractivity contribution in [3.63, 3.8) is 0 Å². The predicted molar refractivity (Wildman–Crippen MR) is 227 cm³/mol. The molecular formula is C51H31N3. The highest BCUT2D eigenvalue weighted by atomic mass is 14.8. The summed E-state index contributed by atoms with van der Waals surface area (Å²) in [4.78, 5) is 15.8. The molecule has 0 radical (unpaired) electrons. The first kappa shape index (κ1) is 30.4. The zero-order valence-electron chi connectivity index (χ0n) is 29.2.